The van der Waals surface area contributed by atoms with E-state index >= 15 is 0 Å². The second-order valence-electron chi connectivity index (χ2n) is 16.3. The first-order valence-electron chi connectivity index (χ1n) is 23.5. The van der Waals surface area contributed by atoms with E-state index in [9.17, 15) is 0 Å². The molecule has 0 nitrogen and oxygen atoms in total. The summed E-state index contributed by atoms with van der Waals surface area (Å²) in [6.07, 6.45) is 66.3. The Kier molecular flexibility index (Phi) is 44.5. The van der Waals surface area contributed by atoms with Crippen molar-refractivity contribution in [3.05, 3.63) is 12.2 Å². The van der Waals surface area contributed by atoms with Gasteiger partial charge in [0.2, 0.25) is 0 Å². The van der Waals surface area contributed by atoms with Gasteiger partial charge >= 0.3 is 0 Å². The van der Waals surface area contributed by atoms with Gasteiger partial charge in [-0.3, -0.25) is 0 Å². The number of hydrogen-bond donors (Lipinski definition) is 0. The molecule has 0 fully saturated rings. The molecule has 1 atom stereocenters. The van der Waals surface area contributed by atoms with E-state index in [2.05, 4.69) is 32.9 Å². The van der Waals surface area contributed by atoms with E-state index in [4.69, 9.17) is 0 Å². The molecule has 1 unspecified atom stereocenters. The van der Waals surface area contributed by atoms with Crippen LogP contribution in [-0.4, -0.2) is 0 Å². The van der Waals surface area contributed by atoms with Crippen LogP contribution in [-0.2, 0) is 0 Å². The van der Waals surface area contributed by atoms with E-state index in [0.717, 1.165) is 5.92 Å². The van der Waals surface area contributed by atoms with Crippen molar-refractivity contribution in [1.29, 1.82) is 0 Å². The lowest BCUT2D eigenvalue weighted by Gasteiger charge is -2.17. The van der Waals surface area contributed by atoms with Crippen LogP contribution in [0.3, 0.4) is 0 Å². The molecular weight excluding hydrogens is 577 g/mol. The second kappa shape index (κ2) is 44.8. The SMILES string of the molecule is CCCCCCCC/C=C\CCCCCCCCCCCCCCC(CCCCCCCC)CCCCCCCCCCCCCCC. The zero-order chi connectivity index (χ0) is 34.7. The maximum absolute atomic E-state index is 2.46. The summed E-state index contributed by atoms with van der Waals surface area (Å²) in [4.78, 5) is 0. The van der Waals surface area contributed by atoms with Crippen LogP contribution < -0.4 is 0 Å². The summed E-state index contributed by atoms with van der Waals surface area (Å²) in [6, 6.07) is 0. The number of allylic oxidation sites excluding steroid dienone is 2. The maximum atomic E-state index is 2.46. The molecule has 0 aromatic rings. The van der Waals surface area contributed by atoms with E-state index < -0.39 is 0 Å². The van der Waals surface area contributed by atoms with Gasteiger partial charge in [0.1, 0.15) is 0 Å². The Labute approximate surface area is 307 Å². The lowest BCUT2D eigenvalue weighted by Crippen LogP contribution is -2.01. The average molecular weight is 673 g/mol. The minimum absolute atomic E-state index is 1.03. The Bertz CT molecular complexity index is 560. The van der Waals surface area contributed by atoms with Gasteiger partial charge in [0.15, 0.2) is 0 Å². The van der Waals surface area contributed by atoms with Gasteiger partial charge in [-0.05, 0) is 31.6 Å². The molecule has 288 valence electrons. The highest BCUT2D eigenvalue weighted by Gasteiger charge is 2.09. The molecule has 0 N–H and O–H groups in total. The Hall–Kier alpha value is -0.260. The molecular formula is C48H96. The Morgan fingerprint density at radius 1 is 0.229 bits per heavy atom. The van der Waals surface area contributed by atoms with Crippen molar-refractivity contribution in [2.45, 2.75) is 290 Å². The molecule has 0 heterocycles. The molecule has 0 aliphatic rings. The molecule has 0 saturated heterocycles. The molecule has 0 aromatic carbocycles. The fourth-order valence-corrected chi connectivity index (χ4v) is 7.84. The average Bonchev–Trinajstić information content (AvgIpc) is 3.10. The van der Waals surface area contributed by atoms with Gasteiger partial charge in [-0.2, -0.15) is 0 Å². The fraction of sp³-hybridized carbons (Fsp3) is 0.958. The van der Waals surface area contributed by atoms with Gasteiger partial charge in [-0.1, -0.05) is 277 Å². The third kappa shape index (κ3) is 41.9. The quantitative estimate of drug-likeness (QED) is 0.0447. The van der Waals surface area contributed by atoms with E-state index in [1.807, 2.05) is 0 Å². The van der Waals surface area contributed by atoms with Gasteiger partial charge < -0.3 is 0 Å². The van der Waals surface area contributed by atoms with Crippen LogP contribution in [0.2, 0.25) is 0 Å². The topological polar surface area (TPSA) is 0 Å². The highest BCUT2D eigenvalue weighted by Crippen LogP contribution is 2.25. The minimum Gasteiger partial charge on any atom is -0.0885 e. The van der Waals surface area contributed by atoms with E-state index in [1.54, 1.807) is 0 Å². The van der Waals surface area contributed by atoms with Crippen molar-refractivity contribution in [3.63, 3.8) is 0 Å². The van der Waals surface area contributed by atoms with E-state index in [0.29, 0.717) is 0 Å². The molecule has 0 radical (unpaired) electrons. The summed E-state index contributed by atoms with van der Waals surface area (Å²) < 4.78 is 0. The smallest absolute Gasteiger partial charge is 0.0351 e. The summed E-state index contributed by atoms with van der Waals surface area (Å²) in [5.74, 6) is 1.03. The second-order valence-corrected chi connectivity index (χ2v) is 16.3. The predicted molar refractivity (Wildman–Crippen MR) is 224 cm³/mol. The molecule has 0 rings (SSSR count). The van der Waals surface area contributed by atoms with Crippen LogP contribution in [0.1, 0.15) is 290 Å². The minimum atomic E-state index is 1.03. The lowest BCUT2D eigenvalue weighted by molar-refractivity contribution is 0.365. The van der Waals surface area contributed by atoms with Crippen LogP contribution >= 0.6 is 0 Å². The third-order valence-electron chi connectivity index (χ3n) is 11.3. The molecule has 0 amide bonds. The maximum Gasteiger partial charge on any atom is -0.0351 e. The first-order chi connectivity index (χ1) is 23.8. The Balaban J connectivity index is 3.68. The van der Waals surface area contributed by atoms with Crippen LogP contribution in [0.4, 0.5) is 0 Å². The molecule has 0 saturated carbocycles. The van der Waals surface area contributed by atoms with E-state index in [1.165, 1.54) is 270 Å². The summed E-state index contributed by atoms with van der Waals surface area (Å²) in [5.41, 5.74) is 0. The summed E-state index contributed by atoms with van der Waals surface area (Å²) in [6.45, 7) is 6.96. The predicted octanol–water partition coefficient (Wildman–Crippen LogP) is 18.6. The summed E-state index contributed by atoms with van der Waals surface area (Å²) in [5, 5.41) is 0. The molecule has 0 aliphatic carbocycles. The molecule has 0 heteroatoms. The summed E-state index contributed by atoms with van der Waals surface area (Å²) in [7, 11) is 0. The normalized spacial score (nSPS) is 12.5. The number of unbranched alkanes of at least 4 members (excludes halogenated alkanes) is 35. The number of rotatable bonds is 43. The molecule has 0 aromatic heterocycles. The van der Waals surface area contributed by atoms with Crippen LogP contribution in [0, 0.1) is 5.92 Å². The first-order valence-corrected chi connectivity index (χ1v) is 23.5. The zero-order valence-electron chi connectivity index (χ0n) is 34.4. The van der Waals surface area contributed by atoms with Crippen molar-refractivity contribution in [1.82, 2.24) is 0 Å². The summed E-state index contributed by atoms with van der Waals surface area (Å²) >= 11 is 0. The largest absolute Gasteiger partial charge is 0.0885 e. The van der Waals surface area contributed by atoms with Gasteiger partial charge in [-0.15, -0.1) is 0 Å². The standard InChI is InChI=1S/C48H96/c1-4-7-10-13-16-18-20-22-23-24-25-26-27-28-29-30-32-34-36-38-41-44-47-48(45-42-39-15-12-9-6-3)46-43-40-37-35-33-31-21-19-17-14-11-8-5-2/h22-23,48H,4-21,24-47H2,1-3H3/b23-22-. The fourth-order valence-electron chi connectivity index (χ4n) is 7.84. The Morgan fingerprint density at radius 2 is 0.417 bits per heavy atom. The lowest BCUT2D eigenvalue weighted by atomic mass is 9.89. The molecule has 0 aliphatic heterocycles. The first kappa shape index (κ1) is 47.7. The van der Waals surface area contributed by atoms with Crippen molar-refractivity contribution in [2.75, 3.05) is 0 Å². The van der Waals surface area contributed by atoms with Crippen LogP contribution in [0.15, 0.2) is 12.2 Å². The highest BCUT2D eigenvalue weighted by atomic mass is 14.1. The van der Waals surface area contributed by atoms with Gasteiger partial charge in [-0.25, -0.2) is 0 Å². The molecule has 0 spiro atoms. The van der Waals surface area contributed by atoms with Crippen LogP contribution in [0.25, 0.3) is 0 Å². The monoisotopic (exact) mass is 673 g/mol. The molecule has 0 bridgehead atoms. The van der Waals surface area contributed by atoms with Gasteiger partial charge in [0.25, 0.3) is 0 Å². The highest BCUT2D eigenvalue weighted by molar-refractivity contribution is 4.81. The van der Waals surface area contributed by atoms with Gasteiger partial charge in [0, 0.05) is 0 Å². The van der Waals surface area contributed by atoms with Crippen molar-refractivity contribution < 1.29 is 0 Å². The third-order valence-corrected chi connectivity index (χ3v) is 11.3. The van der Waals surface area contributed by atoms with E-state index in [-0.39, 0.29) is 0 Å². The van der Waals surface area contributed by atoms with Gasteiger partial charge in [0.05, 0.1) is 0 Å². The zero-order valence-corrected chi connectivity index (χ0v) is 34.4. The number of hydrogen-bond acceptors (Lipinski definition) is 0. The van der Waals surface area contributed by atoms with Crippen molar-refractivity contribution >= 4 is 0 Å². The van der Waals surface area contributed by atoms with Crippen molar-refractivity contribution in [3.8, 4) is 0 Å². The van der Waals surface area contributed by atoms with Crippen molar-refractivity contribution in [2.24, 2.45) is 5.92 Å². The van der Waals surface area contributed by atoms with Crippen LogP contribution in [0.5, 0.6) is 0 Å². The molecule has 48 heavy (non-hydrogen) atoms. The Morgan fingerprint density at radius 3 is 0.646 bits per heavy atom.